The van der Waals surface area contributed by atoms with Crippen LogP contribution in [0.25, 0.3) is 0 Å². The molecule has 0 saturated carbocycles. The molecule has 19 heavy (non-hydrogen) atoms. The Balaban J connectivity index is 2.03. The predicted octanol–water partition coefficient (Wildman–Crippen LogP) is 4.09. The van der Waals surface area contributed by atoms with Crippen LogP contribution < -0.4 is 0 Å². The molecule has 98 valence electrons. The first-order chi connectivity index (χ1) is 9.06. The zero-order valence-corrected chi connectivity index (χ0v) is 10.6. The van der Waals surface area contributed by atoms with Gasteiger partial charge in [-0.1, -0.05) is 29.8 Å². The number of ketones is 1. The second-order valence-electron chi connectivity index (χ2n) is 4.54. The van der Waals surface area contributed by atoms with E-state index in [1.165, 1.54) is 6.07 Å². The molecule has 0 saturated heterocycles. The van der Waals surface area contributed by atoms with Crippen LogP contribution in [-0.4, -0.2) is 5.78 Å². The minimum absolute atomic E-state index is 0.180. The third-order valence-electron chi connectivity index (χ3n) is 2.96. The van der Waals surface area contributed by atoms with Gasteiger partial charge in [-0.25, -0.2) is 8.78 Å². The Morgan fingerprint density at radius 1 is 1.05 bits per heavy atom. The lowest BCUT2D eigenvalue weighted by Crippen LogP contribution is -2.02. The van der Waals surface area contributed by atoms with E-state index >= 15 is 0 Å². The molecule has 0 atom stereocenters. The second-order valence-corrected chi connectivity index (χ2v) is 4.54. The van der Waals surface area contributed by atoms with Gasteiger partial charge in [-0.3, -0.25) is 4.79 Å². The van der Waals surface area contributed by atoms with Crippen molar-refractivity contribution < 1.29 is 13.6 Å². The molecule has 0 aliphatic heterocycles. The van der Waals surface area contributed by atoms with Gasteiger partial charge in [-0.2, -0.15) is 0 Å². The molecule has 0 heterocycles. The molecular weight excluding hydrogens is 246 g/mol. The van der Waals surface area contributed by atoms with E-state index in [9.17, 15) is 13.6 Å². The summed E-state index contributed by atoms with van der Waals surface area (Å²) in [5.41, 5.74) is 2.42. The summed E-state index contributed by atoms with van der Waals surface area (Å²) < 4.78 is 25.8. The molecular formula is C16H14F2O. The summed E-state index contributed by atoms with van der Waals surface area (Å²) in [5, 5.41) is 0. The average Bonchev–Trinajstić information content (AvgIpc) is 2.39. The number of benzene rings is 2. The summed E-state index contributed by atoms with van der Waals surface area (Å²) in [5.74, 6) is -2.10. The van der Waals surface area contributed by atoms with Crippen molar-refractivity contribution in [2.75, 3.05) is 0 Å². The van der Waals surface area contributed by atoms with Crippen molar-refractivity contribution in [1.82, 2.24) is 0 Å². The zero-order chi connectivity index (χ0) is 13.8. The number of halogens is 2. The van der Waals surface area contributed by atoms with Crippen LogP contribution in [-0.2, 0) is 6.42 Å². The first-order valence-electron chi connectivity index (χ1n) is 6.10. The summed E-state index contributed by atoms with van der Waals surface area (Å²) in [6.07, 6.45) is 0.883. The van der Waals surface area contributed by atoms with Crippen LogP contribution in [0.15, 0.2) is 42.5 Å². The van der Waals surface area contributed by atoms with E-state index in [-0.39, 0.29) is 17.8 Å². The molecule has 0 spiro atoms. The highest BCUT2D eigenvalue weighted by Crippen LogP contribution is 2.13. The second kappa shape index (κ2) is 5.74. The molecule has 0 amide bonds. The number of Topliss-reactive ketones (excluding diaryl/α,β-unsaturated/α-hetero) is 1. The summed E-state index contributed by atoms with van der Waals surface area (Å²) in [6.45, 7) is 1.99. The highest BCUT2D eigenvalue weighted by atomic mass is 19.2. The standard InChI is InChI=1S/C16H14F2O/c1-11-3-2-4-12(9-11)5-8-16(19)13-6-7-14(17)15(18)10-13/h2-4,6-7,9-10H,5,8H2,1H3. The van der Waals surface area contributed by atoms with Gasteiger partial charge in [0.1, 0.15) is 0 Å². The van der Waals surface area contributed by atoms with Gasteiger partial charge in [0.2, 0.25) is 0 Å². The van der Waals surface area contributed by atoms with Crippen LogP contribution in [0.4, 0.5) is 8.78 Å². The fraction of sp³-hybridized carbons (Fsp3) is 0.188. The van der Waals surface area contributed by atoms with Crippen molar-refractivity contribution in [2.45, 2.75) is 19.8 Å². The molecule has 0 aliphatic carbocycles. The Hall–Kier alpha value is -2.03. The first kappa shape index (κ1) is 13.4. The Bertz CT molecular complexity index is 605. The molecule has 0 fully saturated rings. The minimum Gasteiger partial charge on any atom is -0.294 e. The lowest BCUT2D eigenvalue weighted by Gasteiger charge is -2.03. The van der Waals surface area contributed by atoms with Gasteiger partial charge in [-0.05, 0) is 37.1 Å². The maximum Gasteiger partial charge on any atom is 0.163 e. The largest absolute Gasteiger partial charge is 0.294 e. The van der Waals surface area contributed by atoms with E-state index in [0.717, 1.165) is 23.3 Å². The molecule has 0 aliphatic rings. The van der Waals surface area contributed by atoms with Crippen molar-refractivity contribution in [2.24, 2.45) is 0 Å². The normalized spacial score (nSPS) is 10.5. The number of aryl methyl sites for hydroxylation is 2. The van der Waals surface area contributed by atoms with Gasteiger partial charge in [0, 0.05) is 12.0 Å². The van der Waals surface area contributed by atoms with Gasteiger partial charge in [-0.15, -0.1) is 0 Å². The van der Waals surface area contributed by atoms with E-state index in [1.807, 2.05) is 31.2 Å². The van der Waals surface area contributed by atoms with Crippen molar-refractivity contribution in [3.05, 3.63) is 70.8 Å². The highest BCUT2D eigenvalue weighted by Gasteiger charge is 2.09. The molecule has 3 heteroatoms. The van der Waals surface area contributed by atoms with Crippen LogP contribution in [0.1, 0.15) is 27.9 Å². The quantitative estimate of drug-likeness (QED) is 0.757. The van der Waals surface area contributed by atoms with Crippen molar-refractivity contribution >= 4 is 5.78 Å². The van der Waals surface area contributed by atoms with E-state index in [4.69, 9.17) is 0 Å². The molecule has 0 unspecified atom stereocenters. The monoisotopic (exact) mass is 260 g/mol. The van der Waals surface area contributed by atoms with Gasteiger partial charge >= 0.3 is 0 Å². The van der Waals surface area contributed by atoms with E-state index in [0.29, 0.717) is 6.42 Å². The number of rotatable bonds is 4. The summed E-state index contributed by atoms with van der Waals surface area (Å²) in [6, 6.07) is 11.1. The summed E-state index contributed by atoms with van der Waals surface area (Å²) in [4.78, 5) is 11.9. The third-order valence-corrected chi connectivity index (χ3v) is 2.96. The lowest BCUT2D eigenvalue weighted by atomic mass is 10.0. The smallest absolute Gasteiger partial charge is 0.163 e. The van der Waals surface area contributed by atoms with E-state index in [2.05, 4.69) is 0 Å². The summed E-state index contributed by atoms with van der Waals surface area (Å²) in [7, 11) is 0. The number of carbonyl (C=O) groups excluding carboxylic acids is 1. The summed E-state index contributed by atoms with van der Waals surface area (Å²) >= 11 is 0. The van der Waals surface area contributed by atoms with Crippen LogP contribution in [0.5, 0.6) is 0 Å². The topological polar surface area (TPSA) is 17.1 Å². The van der Waals surface area contributed by atoms with Gasteiger partial charge in [0.15, 0.2) is 17.4 Å². The van der Waals surface area contributed by atoms with Crippen LogP contribution in [0.3, 0.4) is 0 Å². The molecule has 0 bridgehead atoms. The fourth-order valence-corrected chi connectivity index (χ4v) is 1.94. The first-order valence-corrected chi connectivity index (χ1v) is 6.10. The molecule has 0 radical (unpaired) electrons. The Labute approximate surface area is 110 Å². The molecule has 2 aromatic carbocycles. The number of hydrogen-bond donors (Lipinski definition) is 0. The molecule has 2 aromatic rings. The maximum atomic E-state index is 13.0. The zero-order valence-electron chi connectivity index (χ0n) is 10.6. The Morgan fingerprint density at radius 3 is 2.53 bits per heavy atom. The highest BCUT2D eigenvalue weighted by molar-refractivity contribution is 5.96. The maximum absolute atomic E-state index is 13.0. The predicted molar refractivity (Wildman–Crippen MR) is 70.2 cm³/mol. The molecule has 0 aromatic heterocycles. The minimum atomic E-state index is -0.985. The molecule has 2 rings (SSSR count). The van der Waals surface area contributed by atoms with Crippen LogP contribution >= 0.6 is 0 Å². The van der Waals surface area contributed by atoms with Crippen molar-refractivity contribution in [1.29, 1.82) is 0 Å². The average molecular weight is 260 g/mol. The Kier molecular flexibility index (Phi) is 4.05. The van der Waals surface area contributed by atoms with Gasteiger partial charge in [0.25, 0.3) is 0 Å². The number of carbonyl (C=O) groups is 1. The van der Waals surface area contributed by atoms with Gasteiger partial charge < -0.3 is 0 Å². The number of hydrogen-bond acceptors (Lipinski definition) is 1. The third kappa shape index (κ3) is 3.47. The van der Waals surface area contributed by atoms with E-state index < -0.39 is 11.6 Å². The van der Waals surface area contributed by atoms with Gasteiger partial charge in [0.05, 0.1) is 0 Å². The van der Waals surface area contributed by atoms with Crippen LogP contribution in [0.2, 0.25) is 0 Å². The lowest BCUT2D eigenvalue weighted by molar-refractivity contribution is 0.0982. The van der Waals surface area contributed by atoms with Crippen molar-refractivity contribution in [3.63, 3.8) is 0 Å². The van der Waals surface area contributed by atoms with Crippen molar-refractivity contribution in [3.8, 4) is 0 Å². The fourth-order valence-electron chi connectivity index (χ4n) is 1.94. The molecule has 1 nitrogen and oxygen atoms in total. The SMILES string of the molecule is Cc1cccc(CCC(=O)c2ccc(F)c(F)c2)c1. The van der Waals surface area contributed by atoms with Crippen LogP contribution in [0, 0.1) is 18.6 Å². The van der Waals surface area contributed by atoms with E-state index in [1.54, 1.807) is 0 Å². The molecule has 0 N–H and O–H groups in total. The Morgan fingerprint density at radius 2 is 1.84 bits per heavy atom.